The van der Waals surface area contributed by atoms with Crippen molar-refractivity contribution in [3.05, 3.63) is 60.8 Å². The van der Waals surface area contributed by atoms with E-state index in [-0.39, 0.29) is 11.6 Å². The highest BCUT2D eigenvalue weighted by Gasteiger charge is 2.02. The van der Waals surface area contributed by atoms with Crippen molar-refractivity contribution in [1.82, 2.24) is 0 Å². The Bertz CT molecular complexity index is 423. The molecule has 17 heavy (non-hydrogen) atoms. The molecule has 0 aliphatic carbocycles. The monoisotopic (exact) mass is 225 g/mol. The third kappa shape index (κ3) is 5.94. The van der Waals surface area contributed by atoms with Crippen molar-refractivity contribution in [3.63, 3.8) is 0 Å². The average molecular weight is 225 g/mol. The summed E-state index contributed by atoms with van der Waals surface area (Å²) in [6.45, 7) is 7.23. The van der Waals surface area contributed by atoms with Gasteiger partial charge in [-0.3, -0.25) is 0 Å². The van der Waals surface area contributed by atoms with Crippen molar-refractivity contribution in [3.8, 4) is 12.1 Å². The van der Waals surface area contributed by atoms with Crippen LogP contribution in [0.25, 0.3) is 0 Å². The van der Waals surface area contributed by atoms with E-state index in [4.69, 9.17) is 16.3 Å². The van der Waals surface area contributed by atoms with Crippen LogP contribution < -0.4 is 5.73 Å². The van der Waals surface area contributed by atoms with Crippen molar-refractivity contribution < 1.29 is 0 Å². The Morgan fingerprint density at radius 2 is 1.88 bits per heavy atom. The first-order valence-electron chi connectivity index (χ1n) is 5.07. The molecule has 0 saturated carbocycles. The Kier molecular flexibility index (Phi) is 7.67. The number of nitriles is 2. The molecule has 0 heterocycles. The molecule has 0 fully saturated rings. The normalized spacial score (nSPS) is 12.3. The quantitative estimate of drug-likeness (QED) is 0.429. The summed E-state index contributed by atoms with van der Waals surface area (Å²) < 4.78 is 0. The maximum atomic E-state index is 8.54. The molecule has 3 heteroatoms. The molecule has 0 saturated heterocycles. The first-order chi connectivity index (χ1) is 8.19. The molecule has 0 spiro atoms. The second kappa shape index (κ2) is 8.91. The number of hydrogen-bond acceptors (Lipinski definition) is 3. The highest BCUT2D eigenvalue weighted by molar-refractivity contribution is 5.40. The van der Waals surface area contributed by atoms with Crippen LogP contribution in [0.1, 0.15) is 6.42 Å². The number of allylic oxidation sites excluding steroid dienone is 5. The van der Waals surface area contributed by atoms with Gasteiger partial charge in [0.2, 0.25) is 0 Å². The minimum absolute atomic E-state index is 0.0523. The minimum Gasteiger partial charge on any atom is -0.324 e. The average Bonchev–Trinajstić information content (AvgIpc) is 2.33. The van der Waals surface area contributed by atoms with Crippen molar-refractivity contribution in [2.24, 2.45) is 5.73 Å². The zero-order valence-electron chi connectivity index (χ0n) is 9.63. The van der Waals surface area contributed by atoms with Gasteiger partial charge in [0.1, 0.15) is 17.7 Å². The van der Waals surface area contributed by atoms with Crippen LogP contribution in [-0.2, 0) is 0 Å². The van der Waals surface area contributed by atoms with Crippen molar-refractivity contribution in [2.75, 3.05) is 0 Å². The van der Waals surface area contributed by atoms with Crippen molar-refractivity contribution >= 4 is 0 Å². The topological polar surface area (TPSA) is 73.6 Å². The molecule has 86 valence electrons. The Labute approximate surface area is 102 Å². The van der Waals surface area contributed by atoms with Crippen LogP contribution in [0.4, 0.5) is 0 Å². The number of nitrogens with zero attached hydrogens (tertiary/aromatic N) is 2. The summed E-state index contributed by atoms with van der Waals surface area (Å²) in [7, 11) is 0. The predicted octanol–water partition coefficient (Wildman–Crippen LogP) is 2.53. The van der Waals surface area contributed by atoms with Crippen LogP contribution in [-0.4, -0.2) is 6.04 Å². The fraction of sp³-hybridized carbons (Fsp3) is 0.143. The summed E-state index contributed by atoms with van der Waals surface area (Å²) >= 11 is 0. The van der Waals surface area contributed by atoms with Gasteiger partial charge in [0.25, 0.3) is 0 Å². The van der Waals surface area contributed by atoms with E-state index in [1.54, 1.807) is 42.5 Å². The number of hydrogen-bond donors (Lipinski definition) is 1. The summed E-state index contributed by atoms with van der Waals surface area (Å²) in [5, 5.41) is 17.1. The van der Waals surface area contributed by atoms with Gasteiger partial charge in [0.15, 0.2) is 0 Å². The lowest BCUT2D eigenvalue weighted by Crippen LogP contribution is -2.20. The van der Waals surface area contributed by atoms with Gasteiger partial charge in [-0.1, -0.05) is 37.0 Å². The predicted molar refractivity (Wildman–Crippen MR) is 69.5 cm³/mol. The summed E-state index contributed by atoms with van der Waals surface area (Å²) in [6.07, 6.45) is 10.6. The summed E-state index contributed by atoms with van der Waals surface area (Å²) in [5.74, 6) is 0. The molecular formula is C14H15N3. The van der Waals surface area contributed by atoms with Crippen LogP contribution in [0.5, 0.6) is 0 Å². The highest BCUT2D eigenvalue weighted by Crippen LogP contribution is 2.07. The molecule has 3 nitrogen and oxygen atoms in total. The molecule has 0 aromatic carbocycles. The van der Waals surface area contributed by atoms with E-state index in [1.165, 1.54) is 6.08 Å². The molecule has 1 atom stereocenters. The third-order valence-corrected chi connectivity index (χ3v) is 1.95. The molecule has 0 aromatic rings. The maximum Gasteiger partial charge on any atom is 0.129 e. The Morgan fingerprint density at radius 1 is 1.24 bits per heavy atom. The molecule has 0 aliphatic rings. The van der Waals surface area contributed by atoms with Crippen molar-refractivity contribution in [1.29, 1.82) is 10.5 Å². The van der Waals surface area contributed by atoms with Crippen LogP contribution in [0, 0.1) is 22.7 Å². The van der Waals surface area contributed by atoms with Gasteiger partial charge in [-0.15, -0.1) is 6.58 Å². The SMILES string of the molecule is C=C/C=C(/C=C/C=C(C#N)C#N)[C@H](N)CC=C. The lowest BCUT2D eigenvalue weighted by atomic mass is 10.0. The lowest BCUT2D eigenvalue weighted by molar-refractivity contribution is 0.803. The van der Waals surface area contributed by atoms with Crippen LogP contribution >= 0.6 is 0 Å². The van der Waals surface area contributed by atoms with E-state index in [9.17, 15) is 0 Å². The molecule has 0 amide bonds. The Morgan fingerprint density at radius 3 is 2.35 bits per heavy atom. The largest absolute Gasteiger partial charge is 0.324 e. The molecule has 0 bridgehead atoms. The van der Waals surface area contributed by atoms with E-state index >= 15 is 0 Å². The highest BCUT2D eigenvalue weighted by atomic mass is 14.6. The third-order valence-electron chi connectivity index (χ3n) is 1.95. The van der Waals surface area contributed by atoms with Gasteiger partial charge in [-0.05, 0) is 18.1 Å². The number of rotatable bonds is 6. The van der Waals surface area contributed by atoms with Gasteiger partial charge in [0, 0.05) is 6.04 Å². The molecule has 0 aromatic heterocycles. The standard InChI is InChI=1S/C14H15N3/c1-3-6-13(14(17)7-4-2)9-5-8-12(10-15)11-16/h3-6,8-9,14H,1-2,7,17H2/b9-5+,13-6-/t14-/m1/s1. The van der Waals surface area contributed by atoms with Gasteiger partial charge in [-0.25, -0.2) is 0 Å². The van der Waals surface area contributed by atoms with E-state index in [0.717, 1.165) is 5.57 Å². The second-order valence-corrected chi connectivity index (χ2v) is 3.20. The van der Waals surface area contributed by atoms with E-state index in [2.05, 4.69) is 13.2 Å². The molecule has 0 aliphatic heterocycles. The van der Waals surface area contributed by atoms with E-state index in [1.807, 2.05) is 0 Å². The van der Waals surface area contributed by atoms with Crippen LogP contribution in [0.2, 0.25) is 0 Å². The molecule has 0 radical (unpaired) electrons. The Hall–Kier alpha value is -2.36. The summed E-state index contributed by atoms with van der Waals surface area (Å²) in [6, 6.07) is 3.38. The van der Waals surface area contributed by atoms with E-state index < -0.39 is 0 Å². The van der Waals surface area contributed by atoms with Gasteiger partial charge in [-0.2, -0.15) is 10.5 Å². The van der Waals surface area contributed by atoms with Crippen molar-refractivity contribution in [2.45, 2.75) is 12.5 Å². The van der Waals surface area contributed by atoms with Gasteiger partial charge >= 0.3 is 0 Å². The Balaban J connectivity index is 4.86. The molecule has 0 rings (SSSR count). The lowest BCUT2D eigenvalue weighted by Gasteiger charge is -2.09. The summed E-state index contributed by atoms with van der Waals surface area (Å²) in [4.78, 5) is 0. The van der Waals surface area contributed by atoms with E-state index in [0.29, 0.717) is 6.42 Å². The first kappa shape index (κ1) is 14.6. The fourth-order valence-corrected chi connectivity index (χ4v) is 1.11. The maximum absolute atomic E-state index is 8.54. The van der Waals surface area contributed by atoms with Gasteiger partial charge in [0.05, 0.1) is 0 Å². The number of nitrogens with two attached hydrogens (primary N) is 1. The minimum atomic E-state index is -0.164. The second-order valence-electron chi connectivity index (χ2n) is 3.20. The van der Waals surface area contributed by atoms with Gasteiger partial charge < -0.3 is 5.73 Å². The first-order valence-corrected chi connectivity index (χ1v) is 5.07. The fourth-order valence-electron chi connectivity index (χ4n) is 1.11. The molecule has 0 unspecified atom stereocenters. The zero-order valence-corrected chi connectivity index (χ0v) is 9.63. The smallest absolute Gasteiger partial charge is 0.129 e. The van der Waals surface area contributed by atoms with Crippen LogP contribution in [0.15, 0.2) is 60.8 Å². The zero-order chi connectivity index (χ0) is 13.1. The summed E-state index contributed by atoms with van der Waals surface area (Å²) in [5.41, 5.74) is 6.83. The molecule has 2 N–H and O–H groups in total. The molecular weight excluding hydrogens is 210 g/mol. The van der Waals surface area contributed by atoms with Crippen LogP contribution in [0.3, 0.4) is 0 Å².